The molecule has 0 radical (unpaired) electrons. The van der Waals surface area contributed by atoms with E-state index in [1.54, 1.807) is 3.27 Å². The minimum atomic E-state index is -3.79. The van der Waals surface area contributed by atoms with Crippen molar-refractivity contribution in [2.24, 2.45) is 0 Å². The van der Waals surface area contributed by atoms with Gasteiger partial charge in [-0.2, -0.15) is 0 Å². The molecule has 2 aromatic carbocycles. The van der Waals surface area contributed by atoms with Crippen LogP contribution in [0.5, 0.6) is 0 Å². The fourth-order valence-corrected chi connectivity index (χ4v) is 21.4. The van der Waals surface area contributed by atoms with E-state index in [2.05, 4.69) is 91.6 Å². The van der Waals surface area contributed by atoms with Crippen molar-refractivity contribution in [2.75, 3.05) is 6.61 Å². The van der Waals surface area contributed by atoms with E-state index >= 15 is 0 Å². The van der Waals surface area contributed by atoms with Crippen LogP contribution in [0.2, 0.25) is 28.4 Å². The standard InChI is InChI=1S/C14H11.C6H15OSi.C4H10N.CH3.CH2.2ClH.Zr/c1-10-6-7-14-12(8-10)9-11-4-2-3-5-13(11)14;1-5-6-7-8(2,3)4;1-4(2,3)5;;;;;/h2-7H,9H2,1H3;1,5-6H2,2-4H3;5H,1-3H3;1H3;1H2;2*1H;/q;;-1;;;;;+1. The van der Waals surface area contributed by atoms with Gasteiger partial charge in [0.05, 0.1) is 0 Å². The number of fused-ring (bicyclic) bond motifs is 3. The summed E-state index contributed by atoms with van der Waals surface area (Å²) < 4.78 is 20.8. The predicted octanol–water partition coefficient (Wildman–Crippen LogP) is 7.17. The Morgan fingerprint density at radius 1 is 1.03 bits per heavy atom. The molecular formula is C26H43Cl2NOSiZr. The van der Waals surface area contributed by atoms with Gasteiger partial charge >= 0.3 is 187 Å². The monoisotopic (exact) mass is 573 g/mol. The molecule has 0 unspecified atom stereocenters. The van der Waals surface area contributed by atoms with Gasteiger partial charge in [0.15, 0.2) is 0 Å². The van der Waals surface area contributed by atoms with Crippen LogP contribution in [-0.2, 0) is 29.4 Å². The average molecular weight is 576 g/mol. The summed E-state index contributed by atoms with van der Waals surface area (Å²) in [5.41, 5.74) is 7.25. The first kappa shape index (κ1) is 29.9. The second-order valence-electron chi connectivity index (χ2n) is 11.8. The molecule has 0 bridgehead atoms. The SMILES string of the molecule is Cl.Cl.[CH2]=[Zr]([CH3])([CH2]CCO[Si](C)(C)C)([NH]C(C)(C)C)[c]1c(C)ccc2c1Cc1ccccc1-2. The molecule has 32 heavy (non-hydrogen) atoms. The summed E-state index contributed by atoms with van der Waals surface area (Å²) in [6.07, 6.45) is 2.11. The van der Waals surface area contributed by atoms with Crippen molar-refractivity contribution in [1.29, 1.82) is 0 Å². The Morgan fingerprint density at radius 2 is 1.66 bits per heavy atom. The van der Waals surface area contributed by atoms with Gasteiger partial charge in [-0.15, -0.1) is 24.8 Å². The Labute approximate surface area is 210 Å². The zero-order chi connectivity index (χ0) is 22.4. The molecule has 0 aromatic heterocycles. The fraction of sp³-hybridized carbons (Fsp3) is 0.500. The molecule has 3 rings (SSSR count). The second kappa shape index (κ2) is 10.3. The van der Waals surface area contributed by atoms with Gasteiger partial charge in [-0.3, -0.25) is 0 Å². The van der Waals surface area contributed by atoms with Gasteiger partial charge in [-0.25, -0.2) is 0 Å². The van der Waals surface area contributed by atoms with E-state index in [4.69, 9.17) is 8.64 Å². The van der Waals surface area contributed by atoms with Crippen molar-refractivity contribution in [3.63, 3.8) is 0 Å². The molecule has 0 saturated carbocycles. The van der Waals surface area contributed by atoms with E-state index < -0.39 is 26.9 Å². The van der Waals surface area contributed by atoms with Crippen LogP contribution in [0, 0.1) is 6.92 Å². The fourth-order valence-electron chi connectivity index (χ4n) is 5.61. The minimum absolute atomic E-state index is 0. The number of aryl methyl sites for hydroxylation is 1. The molecule has 1 aliphatic carbocycles. The van der Waals surface area contributed by atoms with Gasteiger partial charge in [0.1, 0.15) is 0 Å². The molecule has 0 spiro atoms. The summed E-state index contributed by atoms with van der Waals surface area (Å²) in [5.74, 6) is 0. The van der Waals surface area contributed by atoms with Crippen molar-refractivity contribution in [2.45, 2.75) is 74.5 Å². The third kappa shape index (κ3) is 6.74. The first-order valence-corrected chi connectivity index (χ1v) is 23.2. The van der Waals surface area contributed by atoms with Gasteiger partial charge in [-0.05, 0) is 0 Å². The maximum atomic E-state index is 6.23. The molecule has 2 nitrogen and oxygen atoms in total. The van der Waals surface area contributed by atoms with Gasteiger partial charge < -0.3 is 0 Å². The summed E-state index contributed by atoms with van der Waals surface area (Å²) in [6, 6.07) is 13.6. The van der Waals surface area contributed by atoms with E-state index in [-0.39, 0.29) is 30.4 Å². The number of halogens is 2. The number of rotatable bonds is 7. The molecule has 0 atom stereocenters. The van der Waals surface area contributed by atoms with Crippen LogP contribution in [0.4, 0.5) is 0 Å². The number of hydrogen-bond donors (Lipinski definition) is 1. The van der Waals surface area contributed by atoms with E-state index in [0.717, 1.165) is 23.6 Å². The first-order valence-electron chi connectivity index (χ1n) is 11.4. The van der Waals surface area contributed by atoms with E-state index in [0.29, 0.717) is 0 Å². The topological polar surface area (TPSA) is 21.3 Å². The Balaban J connectivity index is 0.00000256. The molecule has 0 fully saturated rings. The van der Waals surface area contributed by atoms with Crippen molar-refractivity contribution in [3.05, 3.63) is 53.1 Å². The molecule has 6 heteroatoms. The molecule has 1 N–H and O–H groups in total. The number of nitrogens with one attached hydrogen (secondary N) is 1. The van der Waals surface area contributed by atoms with Crippen molar-refractivity contribution in [3.8, 4) is 11.1 Å². The van der Waals surface area contributed by atoms with E-state index in [1.807, 2.05) is 0 Å². The maximum absolute atomic E-state index is 6.23. The predicted molar refractivity (Wildman–Crippen MR) is 148 cm³/mol. The quantitative estimate of drug-likeness (QED) is 0.238. The van der Waals surface area contributed by atoms with Crippen LogP contribution in [0.25, 0.3) is 11.1 Å². The Bertz CT molecular complexity index is 1020. The van der Waals surface area contributed by atoms with Crippen LogP contribution in [-0.4, -0.2) is 24.7 Å². The van der Waals surface area contributed by atoms with Gasteiger partial charge in [0.25, 0.3) is 0 Å². The molecular weight excluding hydrogens is 533 g/mol. The van der Waals surface area contributed by atoms with Gasteiger partial charge in [0.2, 0.25) is 0 Å². The third-order valence-corrected chi connectivity index (χ3v) is 20.4. The van der Waals surface area contributed by atoms with Crippen LogP contribution < -0.4 is 6.53 Å². The molecule has 1 aliphatic rings. The first-order chi connectivity index (χ1) is 13.7. The summed E-state index contributed by atoms with van der Waals surface area (Å²) in [7, 11) is -1.49. The summed E-state index contributed by atoms with van der Waals surface area (Å²) in [5, 5.41) is 0. The van der Waals surface area contributed by atoms with Crippen molar-refractivity contribution < 1.29 is 23.0 Å². The average Bonchev–Trinajstić information content (AvgIpc) is 2.94. The molecule has 0 aliphatic heterocycles. The molecule has 0 saturated heterocycles. The Hall–Kier alpha value is -0.0900. The Morgan fingerprint density at radius 3 is 2.25 bits per heavy atom. The van der Waals surface area contributed by atoms with Crippen LogP contribution in [0.15, 0.2) is 36.4 Å². The number of benzene rings is 2. The van der Waals surface area contributed by atoms with Crippen LogP contribution in [0.1, 0.15) is 43.9 Å². The van der Waals surface area contributed by atoms with Gasteiger partial charge in [-0.1, -0.05) is 0 Å². The van der Waals surface area contributed by atoms with E-state index in [1.165, 1.54) is 27.8 Å². The van der Waals surface area contributed by atoms with Crippen LogP contribution >= 0.6 is 24.8 Å². The van der Waals surface area contributed by atoms with E-state index in [9.17, 15) is 0 Å². The Kier molecular flexibility index (Phi) is 9.60. The third-order valence-electron chi connectivity index (χ3n) is 6.20. The van der Waals surface area contributed by atoms with Crippen molar-refractivity contribution in [1.82, 2.24) is 3.26 Å². The molecule has 0 amide bonds. The molecule has 2 aromatic rings. The van der Waals surface area contributed by atoms with Crippen molar-refractivity contribution >= 4 is 40.6 Å². The second-order valence-corrected chi connectivity index (χ2v) is 30.7. The molecule has 180 valence electrons. The normalized spacial score (nSPS) is 13.7. The van der Waals surface area contributed by atoms with Crippen LogP contribution in [0.3, 0.4) is 0 Å². The summed E-state index contributed by atoms with van der Waals surface area (Å²) >= 11 is -3.79. The number of hydrogen-bond acceptors (Lipinski definition) is 2. The van der Waals surface area contributed by atoms with Gasteiger partial charge in [0, 0.05) is 0 Å². The zero-order valence-corrected chi connectivity index (χ0v) is 26.3. The summed E-state index contributed by atoms with van der Waals surface area (Å²) in [6.45, 7) is 16.8. The zero-order valence-electron chi connectivity index (χ0n) is 21.2. The molecule has 0 heterocycles. The summed E-state index contributed by atoms with van der Waals surface area (Å²) in [4.78, 5) is 0.